The van der Waals surface area contributed by atoms with Crippen molar-refractivity contribution in [2.45, 2.75) is 96.6 Å². The molecule has 1 aromatic carbocycles. The number of carbonyl (C=O) groups excluding carboxylic acids is 2. The second-order valence-electron chi connectivity index (χ2n) is 8.00. The van der Waals surface area contributed by atoms with Crippen LogP contribution in [0.1, 0.15) is 77.7 Å². The molecule has 1 aliphatic heterocycles. The molecule has 2 rings (SSSR count). The van der Waals surface area contributed by atoms with Gasteiger partial charge in [0.25, 0.3) is 0 Å². The first-order valence-corrected chi connectivity index (χ1v) is 11.8. The van der Waals surface area contributed by atoms with Crippen LogP contribution in [-0.2, 0) is 35.0 Å². The highest BCUT2D eigenvalue weighted by Gasteiger charge is 2.54. The highest BCUT2D eigenvalue weighted by Crippen LogP contribution is 2.38. The van der Waals surface area contributed by atoms with Crippen LogP contribution in [0.25, 0.3) is 0 Å². The molecule has 6 nitrogen and oxygen atoms in total. The third-order valence-electron chi connectivity index (χ3n) is 5.52. The number of esters is 2. The standard InChI is InChI=1S/C25H38O6/c1-4-7-8-13-18-25(19-14-12-17-20-15-10-9-11-16-20)30-21(23(26)28-5-2)22(31-25)24(27)29-6-3/h9-11,15-16,21-22H,4-8,12-14,17-19H2,1-3H3/t21-,22-/m1/s1. The molecule has 1 aliphatic rings. The van der Waals surface area contributed by atoms with Gasteiger partial charge in [0.2, 0.25) is 0 Å². The second kappa shape index (κ2) is 13.5. The third-order valence-corrected chi connectivity index (χ3v) is 5.52. The molecule has 0 aliphatic carbocycles. The van der Waals surface area contributed by atoms with E-state index in [0.29, 0.717) is 12.8 Å². The van der Waals surface area contributed by atoms with Crippen LogP contribution in [0.2, 0.25) is 0 Å². The molecule has 1 aromatic rings. The Balaban J connectivity index is 2.07. The molecule has 0 spiro atoms. The van der Waals surface area contributed by atoms with E-state index in [1.54, 1.807) is 13.8 Å². The first-order chi connectivity index (χ1) is 15.0. The molecule has 0 saturated carbocycles. The Morgan fingerprint density at radius 2 is 1.35 bits per heavy atom. The fourth-order valence-electron chi connectivity index (χ4n) is 3.96. The van der Waals surface area contributed by atoms with Crippen molar-refractivity contribution in [3.8, 4) is 0 Å². The minimum Gasteiger partial charge on any atom is -0.464 e. The molecular formula is C25H38O6. The third kappa shape index (κ3) is 7.93. The normalized spacial score (nSPS) is 19.8. The fraction of sp³-hybridized carbons (Fsp3) is 0.680. The van der Waals surface area contributed by atoms with Crippen molar-refractivity contribution in [2.75, 3.05) is 13.2 Å². The molecule has 0 unspecified atom stereocenters. The van der Waals surface area contributed by atoms with Crippen molar-refractivity contribution in [1.29, 1.82) is 0 Å². The van der Waals surface area contributed by atoms with Gasteiger partial charge in [-0.05, 0) is 45.1 Å². The monoisotopic (exact) mass is 434 g/mol. The fourth-order valence-corrected chi connectivity index (χ4v) is 3.96. The van der Waals surface area contributed by atoms with Gasteiger partial charge >= 0.3 is 11.9 Å². The van der Waals surface area contributed by atoms with Gasteiger partial charge in [-0.3, -0.25) is 0 Å². The lowest BCUT2D eigenvalue weighted by Gasteiger charge is -2.28. The van der Waals surface area contributed by atoms with E-state index in [1.807, 2.05) is 18.2 Å². The second-order valence-corrected chi connectivity index (χ2v) is 8.00. The summed E-state index contributed by atoms with van der Waals surface area (Å²) in [7, 11) is 0. The smallest absolute Gasteiger partial charge is 0.338 e. The van der Waals surface area contributed by atoms with Crippen LogP contribution in [0, 0.1) is 0 Å². The highest BCUT2D eigenvalue weighted by atomic mass is 16.8. The number of hydrogen-bond acceptors (Lipinski definition) is 6. The molecule has 0 amide bonds. The SMILES string of the molecule is CCCCCCC1(CCCCc2ccccc2)O[C@@H](C(=O)OCC)[C@H](C(=O)OCC)O1. The molecule has 1 heterocycles. The summed E-state index contributed by atoms with van der Waals surface area (Å²) < 4.78 is 22.7. The van der Waals surface area contributed by atoms with Gasteiger partial charge in [-0.15, -0.1) is 0 Å². The Morgan fingerprint density at radius 1 is 0.806 bits per heavy atom. The van der Waals surface area contributed by atoms with Crippen molar-refractivity contribution in [1.82, 2.24) is 0 Å². The Morgan fingerprint density at radius 3 is 1.87 bits per heavy atom. The summed E-state index contributed by atoms with van der Waals surface area (Å²) in [5.41, 5.74) is 1.29. The maximum atomic E-state index is 12.5. The van der Waals surface area contributed by atoms with E-state index < -0.39 is 29.9 Å². The van der Waals surface area contributed by atoms with E-state index in [4.69, 9.17) is 18.9 Å². The minimum absolute atomic E-state index is 0.217. The van der Waals surface area contributed by atoms with E-state index in [9.17, 15) is 9.59 Å². The van der Waals surface area contributed by atoms with Gasteiger partial charge in [-0.2, -0.15) is 0 Å². The summed E-state index contributed by atoms with van der Waals surface area (Å²) >= 11 is 0. The first-order valence-electron chi connectivity index (χ1n) is 11.8. The van der Waals surface area contributed by atoms with Crippen LogP contribution in [0.15, 0.2) is 30.3 Å². The van der Waals surface area contributed by atoms with E-state index in [-0.39, 0.29) is 13.2 Å². The molecule has 0 aromatic heterocycles. The molecular weight excluding hydrogens is 396 g/mol. The Bertz CT molecular complexity index is 633. The number of carbonyl (C=O) groups is 2. The summed E-state index contributed by atoms with van der Waals surface area (Å²) in [4.78, 5) is 25.0. The number of hydrogen-bond donors (Lipinski definition) is 0. The molecule has 174 valence electrons. The number of unbranched alkanes of at least 4 members (excludes halogenated alkanes) is 4. The highest BCUT2D eigenvalue weighted by molar-refractivity contribution is 5.86. The summed E-state index contributed by atoms with van der Waals surface area (Å²) in [6.45, 7) is 6.06. The first kappa shape index (κ1) is 25.3. The van der Waals surface area contributed by atoms with Crippen LogP contribution in [0.5, 0.6) is 0 Å². The van der Waals surface area contributed by atoms with Crippen LogP contribution in [-0.4, -0.2) is 43.1 Å². The van der Waals surface area contributed by atoms with Gasteiger partial charge in [0.1, 0.15) is 0 Å². The zero-order valence-corrected chi connectivity index (χ0v) is 19.3. The molecule has 31 heavy (non-hydrogen) atoms. The van der Waals surface area contributed by atoms with E-state index in [2.05, 4.69) is 19.1 Å². The minimum atomic E-state index is -1.08. The molecule has 0 bridgehead atoms. The summed E-state index contributed by atoms with van der Waals surface area (Å²) in [5, 5.41) is 0. The van der Waals surface area contributed by atoms with Gasteiger partial charge in [0.15, 0.2) is 18.0 Å². The molecule has 0 N–H and O–H groups in total. The molecule has 6 heteroatoms. The van der Waals surface area contributed by atoms with Crippen molar-refractivity contribution in [3.05, 3.63) is 35.9 Å². The molecule has 0 radical (unpaired) electrons. The lowest BCUT2D eigenvalue weighted by Crippen LogP contribution is -2.39. The van der Waals surface area contributed by atoms with E-state index in [0.717, 1.165) is 44.9 Å². The van der Waals surface area contributed by atoms with Crippen LogP contribution < -0.4 is 0 Å². The van der Waals surface area contributed by atoms with Gasteiger partial charge in [0, 0.05) is 12.8 Å². The predicted octanol–water partition coefficient (Wildman–Crippen LogP) is 4.98. The van der Waals surface area contributed by atoms with Crippen molar-refractivity contribution in [3.63, 3.8) is 0 Å². The van der Waals surface area contributed by atoms with E-state index >= 15 is 0 Å². The van der Waals surface area contributed by atoms with E-state index in [1.165, 1.54) is 5.56 Å². The average molecular weight is 435 g/mol. The van der Waals surface area contributed by atoms with Crippen molar-refractivity contribution in [2.24, 2.45) is 0 Å². The van der Waals surface area contributed by atoms with Crippen LogP contribution in [0.4, 0.5) is 0 Å². The molecule has 2 atom stereocenters. The number of rotatable bonds is 14. The molecule has 1 saturated heterocycles. The summed E-state index contributed by atoms with van der Waals surface area (Å²) in [6.07, 6.45) is 6.14. The summed E-state index contributed by atoms with van der Waals surface area (Å²) in [6, 6.07) is 10.3. The van der Waals surface area contributed by atoms with Gasteiger partial charge < -0.3 is 18.9 Å². The number of benzene rings is 1. The average Bonchev–Trinajstić information content (AvgIpc) is 3.16. The lowest BCUT2D eigenvalue weighted by atomic mass is 9.99. The topological polar surface area (TPSA) is 71.1 Å². The Labute approximate surface area is 186 Å². The zero-order valence-electron chi connectivity index (χ0n) is 19.3. The predicted molar refractivity (Wildman–Crippen MR) is 118 cm³/mol. The van der Waals surface area contributed by atoms with Crippen LogP contribution in [0.3, 0.4) is 0 Å². The Hall–Kier alpha value is -1.92. The molecule has 1 fully saturated rings. The maximum absolute atomic E-state index is 12.5. The number of aryl methyl sites for hydroxylation is 1. The van der Waals surface area contributed by atoms with Gasteiger partial charge in [0.05, 0.1) is 13.2 Å². The largest absolute Gasteiger partial charge is 0.464 e. The summed E-state index contributed by atoms with van der Waals surface area (Å²) in [5.74, 6) is -2.10. The quantitative estimate of drug-likeness (QED) is 0.304. The maximum Gasteiger partial charge on any atom is 0.338 e. The van der Waals surface area contributed by atoms with Crippen molar-refractivity contribution >= 4 is 11.9 Å². The van der Waals surface area contributed by atoms with Crippen molar-refractivity contribution < 1.29 is 28.5 Å². The zero-order chi connectivity index (χ0) is 22.5. The number of ether oxygens (including phenoxy) is 4. The van der Waals surface area contributed by atoms with Crippen LogP contribution >= 0.6 is 0 Å². The van der Waals surface area contributed by atoms with Gasteiger partial charge in [-0.1, -0.05) is 56.5 Å². The Kier molecular flexibility index (Phi) is 11.0. The van der Waals surface area contributed by atoms with Gasteiger partial charge in [-0.25, -0.2) is 9.59 Å². The lowest BCUT2D eigenvalue weighted by molar-refractivity contribution is -0.197.